The Hall–Kier alpha value is -2.11. The van der Waals surface area contributed by atoms with Crippen LogP contribution in [0.1, 0.15) is 380 Å². The van der Waals surface area contributed by atoms with Gasteiger partial charge in [0, 0.05) is 19.3 Å². The molecule has 0 aliphatic rings. The summed E-state index contributed by atoms with van der Waals surface area (Å²) in [7, 11) is 0. The number of esters is 3. The summed E-state index contributed by atoms with van der Waals surface area (Å²) in [4.78, 5) is 38.2. The van der Waals surface area contributed by atoms with Gasteiger partial charge in [0.05, 0.1) is 0 Å². The zero-order valence-electron chi connectivity index (χ0n) is 50.8. The summed E-state index contributed by atoms with van der Waals surface area (Å²) in [6.07, 6.45) is 78.0. The maximum Gasteiger partial charge on any atom is 0.306 e. The van der Waals surface area contributed by atoms with Gasteiger partial charge < -0.3 is 14.2 Å². The Morgan fingerprint density at radius 2 is 0.467 bits per heavy atom. The van der Waals surface area contributed by atoms with Gasteiger partial charge in [-0.15, -0.1) is 0 Å². The maximum absolute atomic E-state index is 12.9. The molecule has 0 aliphatic heterocycles. The standard InChI is InChI=1S/C69H130O6/c1-4-7-10-13-16-19-22-24-26-28-29-30-31-32-33-34-35-36-37-38-39-40-42-43-45-47-50-53-56-59-62-68(71)74-65-66(64-73-67(70)61-58-55-52-49-21-18-15-12-9-6-3)75-69(72)63-60-57-54-51-48-46-44-41-27-25-23-20-17-14-11-8-5-2/h12,15,25,27,66H,4-11,13-14,16-24,26,28-65H2,1-3H3/b15-12-,27-25-. The maximum atomic E-state index is 12.9. The molecule has 0 saturated heterocycles. The van der Waals surface area contributed by atoms with Gasteiger partial charge in [-0.05, 0) is 64.2 Å². The molecule has 0 fully saturated rings. The first kappa shape index (κ1) is 72.9. The Morgan fingerprint density at radius 3 is 0.720 bits per heavy atom. The van der Waals surface area contributed by atoms with Crippen molar-refractivity contribution in [1.82, 2.24) is 0 Å². The molecule has 0 aromatic heterocycles. The summed E-state index contributed by atoms with van der Waals surface area (Å²) in [5.74, 6) is -0.863. The van der Waals surface area contributed by atoms with Crippen molar-refractivity contribution in [3.8, 4) is 0 Å². The van der Waals surface area contributed by atoms with Crippen LogP contribution in [0.4, 0.5) is 0 Å². The quantitative estimate of drug-likeness (QED) is 0.0261. The van der Waals surface area contributed by atoms with E-state index >= 15 is 0 Å². The number of hydrogen-bond donors (Lipinski definition) is 0. The van der Waals surface area contributed by atoms with Crippen LogP contribution in [0.25, 0.3) is 0 Å². The molecule has 0 bridgehead atoms. The minimum atomic E-state index is -0.774. The van der Waals surface area contributed by atoms with Crippen LogP contribution < -0.4 is 0 Å². The summed E-state index contributed by atoms with van der Waals surface area (Å²) in [6.45, 7) is 6.63. The summed E-state index contributed by atoms with van der Waals surface area (Å²) >= 11 is 0. The molecule has 1 unspecified atom stereocenters. The highest BCUT2D eigenvalue weighted by atomic mass is 16.6. The van der Waals surface area contributed by atoms with Crippen molar-refractivity contribution in [3.05, 3.63) is 24.3 Å². The molecule has 0 aromatic rings. The van der Waals surface area contributed by atoms with E-state index in [2.05, 4.69) is 45.1 Å². The molecule has 442 valence electrons. The van der Waals surface area contributed by atoms with E-state index < -0.39 is 6.10 Å². The molecule has 0 aromatic carbocycles. The molecule has 1 atom stereocenters. The van der Waals surface area contributed by atoms with Gasteiger partial charge in [0.2, 0.25) is 0 Å². The second-order valence-corrected chi connectivity index (χ2v) is 23.1. The van der Waals surface area contributed by atoms with E-state index in [4.69, 9.17) is 14.2 Å². The Bertz CT molecular complexity index is 1210. The molecule has 0 rings (SSSR count). The van der Waals surface area contributed by atoms with Crippen molar-refractivity contribution in [2.75, 3.05) is 13.2 Å². The van der Waals surface area contributed by atoms with Crippen molar-refractivity contribution >= 4 is 17.9 Å². The van der Waals surface area contributed by atoms with Crippen LogP contribution in [0.5, 0.6) is 0 Å². The number of rotatable bonds is 63. The highest BCUT2D eigenvalue weighted by Gasteiger charge is 2.19. The topological polar surface area (TPSA) is 78.9 Å². The van der Waals surface area contributed by atoms with Crippen molar-refractivity contribution in [3.63, 3.8) is 0 Å². The van der Waals surface area contributed by atoms with Crippen LogP contribution in [0.3, 0.4) is 0 Å². The Morgan fingerprint density at radius 1 is 0.253 bits per heavy atom. The first-order chi connectivity index (χ1) is 37.0. The normalized spacial score (nSPS) is 12.1. The lowest BCUT2D eigenvalue weighted by molar-refractivity contribution is -0.167. The molecule has 6 nitrogen and oxygen atoms in total. The lowest BCUT2D eigenvalue weighted by Crippen LogP contribution is -2.30. The molecule has 0 amide bonds. The van der Waals surface area contributed by atoms with Crippen molar-refractivity contribution in [2.45, 2.75) is 386 Å². The second-order valence-electron chi connectivity index (χ2n) is 23.1. The zero-order chi connectivity index (χ0) is 54.3. The third-order valence-corrected chi connectivity index (χ3v) is 15.4. The molecular formula is C69H130O6. The fourth-order valence-corrected chi connectivity index (χ4v) is 10.3. The molecule has 0 N–H and O–H groups in total. The van der Waals surface area contributed by atoms with E-state index in [-0.39, 0.29) is 31.1 Å². The van der Waals surface area contributed by atoms with Gasteiger partial charge in [-0.2, -0.15) is 0 Å². The summed E-state index contributed by atoms with van der Waals surface area (Å²) in [5, 5.41) is 0. The van der Waals surface area contributed by atoms with Gasteiger partial charge in [-0.25, -0.2) is 0 Å². The summed E-state index contributed by atoms with van der Waals surface area (Å²) in [6, 6.07) is 0. The van der Waals surface area contributed by atoms with Crippen LogP contribution in [-0.2, 0) is 28.6 Å². The van der Waals surface area contributed by atoms with Crippen LogP contribution in [0.15, 0.2) is 24.3 Å². The Balaban J connectivity index is 4.07. The van der Waals surface area contributed by atoms with Gasteiger partial charge >= 0.3 is 17.9 Å². The fourth-order valence-electron chi connectivity index (χ4n) is 10.3. The SMILES string of the molecule is CCC/C=C\CCCCCCCC(=O)OCC(COC(=O)CCCCCCCCCCCCCCCCCCCCCCCCCCCCCCCC)OC(=O)CCCCCCCCC/C=C\CCCCCCCC. The van der Waals surface area contributed by atoms with E-state index in [0.717, 1.165) is 70.6 Å². The number of allylic oxidation sites excluding steroid dienone is 4. The van der Waals surface area contributed by atoms with Crippen LogP contribution in [0.2, 0.25) is 0 Å². The van der Waals surface area contributed by atoms with Crippen LogP contribution in [-0.4, -0.2) is 37.2 Å². The molecule has 75 heavy (non-hydrogen) atoms. The first-order valence-corrected chi connectivity index (χ1v) is 33.8. The third-order valence-electron chi connectivity index (χ3n) is 15.4. The largest absolute Gasteiger partial charge is 0.462 e. The average molecular weight is 1060 g/mol. The molecule has 0 radical (unpaired) electrons. The highest BCUT2D eigenvalue weighted by Crippen LogP contribution is 2.18. The number of ether oxygens (including phenoxy) is 3. The van der Waals surface area contributed by atoms with Crippen LogP contribution in [0, 0.1) is 0 Å². The van der Waals surface area contributed by atoms with Gasteiger partial charge in [0.25, 0.3) is 0 Å². The van der Waals surface area contributed by atoms with Gasteiger partial charge in [0.1, 0.15) is 13.2 Å². The van der Waals surface area contributed by atoms with E-state index in [1.54, 1.807) is 0 Å². The summed E-state index contributed by atoms with van der Waals surface area (Å²) < 4.78 is 16.9. The number of carbonyl (C=O) groups is 3. The molecule has 0 saturated carbocycles. The second kappa shape index (κ2) is 64.4. The van der Waals surface area contributed by atoms with Crippen molar-refractivity contribution < 1.29 is 28.6 Å². The average Bonchev–Trinajstić information content (AvgIpc) is 3.41. The Labute approximate surface area is 468 Å². The molecule has 6 heteroatoms. The predicted octanol–water partition coefficient (Wildman–Crippen LogP) is 23.0. The number of unbranched alkanes of at least 4 members (excludes halogenated alkanes) is 48. The van der Waals surface area contributed by atoms with Crippen molar-refractivity contribution in [1.29, 1.82) is 0 Å². The molecule has 0 aliphatic carbocycles. The van der Waals surface area contributed by atoms with Crippen LogP contribution >= 0.6 is 0 Å². The van der Waals surface area contributed by atoms with Gasteiger partial charge in [-0.3, -0.25) is 14.4 Å². The molecular weight excluding hydrogens is 925 g/mol. The lowest BCUT2D eigenvalue weighted by Gasteiger charge is -2.18. The van der Waals surface area contributed by atoms with Gasteiger partial charge in [-0.1, -0.05) is 321 Å². The minimum Gasteiger partial charge on any atom is -0.462 e. The van der Waals surface area contributed by atoms with E-state index in [1.807, 2.05) is 0 Å². The summed E-state index contributed by atoms with van der Waals surface area (Å²) in [5.41, 5.74) is 0. The third kappa shape index (κ3) is 62.6. The first-order valence-electron chi connectivity index (χ1n) is 33.8. The predicted molar refractivity (Wildman–Crippen MR) is 326 cm³/mol. The molecule has 0 heterocycles. The van der Waals surface area contributed by atoms with E-state index in [9.17, 15) is 14.4 Å². The zero-order valence-corrected chi connectivity index (χ0v) is 50.8. The number of hydrogen-bond acceptors (Lipinski definition) is 6. The van der Waals surface area contributed by atoms with E-state index in [0.29, 0.717) is 19.3 Å². The Kier molecular flexibility index (Phi) is 62.6. The highest BCUT2D eigenvalue weighted by molar-refractivity contribution is 5.71. The van der Waals surface area contributed by atoms with Gasteiger partial charge in [0.15, 0.2) is 6.10 Å². The number of carbonyl (C=O) groups excluding carboxylic acids is 3. The fraction of sp³-hybridized carbons (Fsp3) is 0.899. The molecule has 0 spiro atoms. The monoisotopic (exact) mass is 1050 g/mol. The lowest BCUT2D eigenvalue weighted by atomic mass is 10.0. The minimum absolute atomic E-state index is 0.0711. The van der Waals surface area contributed by atoms with E-state index in [1.165, 1.54) is 270 Å². The smallest absolute Gasteiger partial charge is 0.306 e. The van der Waals surface area contributed by atoms with Crippen molar-refractivity contribution in [2.24, 2.45) is 0 Å².